The van der Waals surface area contributed by atoms with E-state index in [4.69, 9.17) is 9.47 Å². The van der Waals surface area contributed by atoms with Crippen molar-refractivity contribution in [3.8, 4) is 0 Å². The molecule has 0 bridgehead atoms. The highest BCUT2D eigenvalue weighted by Crippen LogP contribution is 2.28. The fourth-order valence-corrected chi connectivity index (χ4v) is 1.33. The van der Waals surface area contributed by atoms with Gasteiger partial charge < -0.3 is 9.47 Å². The molecule has 0 unspecified atom stereocenters. The lowest BCUT2D eigenvalue weighted by atomic mass is 10.1. The van der Waals surface area contributed by atoms with Crippen LogP contribution in [0.25, 0.3) is 0 Å². The Morgan fingerprint density at radius 2 is 1.85 bits per heavy atom. The number of ether oxygens (including phenoxy) is 2. The van der Waals surface area contributed by atoms with E-state index in [1.807, 2.05) is 6.08 Å². The van der Waals surface area contributed by atoms with Gasteiger partial charge in [-0.25, -0.2) is 0 Å². The van der Waals surface area contributed by atoms with Crippen molar-refractivity contribution < 1.29 is 19.1 Å². The van der Waals surface area contributed by atoms with Gasteiger partial charge in [-0.15, -0.1) is 0 Å². The van der Waals surface area contributed by atoms with E-state index >= 15 is 0 Å². The van der Waals surface area contributed by atoms with Crippen molar-refractivity contribution in [1.82, 2.24) is 0 Å². The molecular weight excluding hydrogens is 172 g/mol. The van der Waals surface area contributed by atoms with Crippen LogP contribution in [0.1, 0.15) is 12.8 Å². The number of esters is 2. The van der Waals surface area contributed by atoms with Gasteiger partial charge in [-0.05, 0) is 6.08 Å². The van der Waals surface area contributed by atoms with Crippen LogP contribution in [0.3, 0.4) is 0 Å². The molecule has 4 heteroatoms. The van der Waals surface area contributed by atoms with Gasteiger partial charge in [0.15, 0.2) is 0 Å². The summed E-state index contributed by atoms with van der Waals surface area (Å²) in [6, 6.07) is 0. The Kier molecular flexibility index (Phi) is 1.69. The monoisotopic (exact) mass is 180 g/mol. The number of carbonyl (C=O) groups excluding carboxylic acids is 2. The summed E-state index contributed by atoms with van der Waals surface area (Å²) in [6.45, 7) is 0. The molecule has 1 aliphatic carbocycles. The van der Waals surface area contributed by atoms with Crippen molar-refractivity contribution in [3.05, 3.63) is 24.3 Å². The molecule has 1 spiro atoms. The van der Waals surface area contributed by atoms with Crippen LogP contribution in [0.2, 0.25) is 0 Å². The van der Waals surface area contributed by atoms with E-state index < -0.39 is 17.7 Å². The first kappa shape index (κ1) is 8.04. The van der Waals surface area contributed by atoms with Gasteiger partial charge in [-0.1, -0.05) is 18.2 Å². The van der Waals surface area contributed by atoms with Crippen molar-refractivity contribution in [2.24, 2.45) is 0 Å². The molecule has 68 valence electrons. The Morgan fingerprint density at radius 3 is 2.38 bits per heavy atom. The summed E-state index contributed by atoms with van der Waals surface area (Å²) in [4.78, 5) is 21.9. The average molecular weight is 180 g/mol. The second kappa shape index (κ2) is 2.73. The predicted molar refractivity (Wildman–Crippen MR) is 42.4 cm³/mol. The zero-order valence-electron chi connectivity index (χ0n) is 6.86. The van der Waals surface area contributed by atoms with Crippen LogP contribution in [-0.2, 0) is 19.1 Å². The van der Waals surface area contributed by atoms with Crippen LogP contribution >= 0.6 is 0 Å². The summed E-state index contributed by atoms with van der Waals surface area (Å²) >= 11 is 0. The third kappa shape index (κ3) is 1.47. The standard InChI is InChI=1S/C9H8O4/c10-7-6-8(11)13-9(12-7)4-2-1-3-5-9/h1-4H,5-6H2. The van der Waals surface area contributed by atoms with Gasteiger partial charge in [-0.2, -0.15) is 0 Å². The summed E-state index contributed by atoms with van der Waals surface area (Å²) < 4.78 is 9.93. The second-order valence-electron chi connectivity index (χ2n) is 2.93. The highest BCUT2D eigenvalue weighted by Gasteiger charge is 2.40. The highest BCUT2D eigenvalue weighted by molar-refractivity contribution is 5.93. The maximum atomic E-state index is 11.0. The molecule has 2 rings (SSSR count). The first-order valence-corrected chi connectivity index (χ1v) is 3.98. The first-order chi connectivity index (χ1) is 6.20. The van der Waals surface area contributed by atoms with E-state index in [9.17, 15) is 9.59 Å². The lowest BCUT2D eigenvalue weighted by molar-refractivity contribution is -0.226. The lowest BCUT2D eigenvalue weighted by Gasteiger charge is -2.33. The Labute approximate surface area is 74.8 Å². The van der Waals surface area contributed by atoms with E-state index in [2.05, 4.69) is 0 Å². The first-order valence-electron chi connectivity index (χ1n) is 3.98. The highest BCUT2D eigenvalue weighted by atomic mass is 16.7. The van der Waals surface area contributed by atoms with Crippen molar-refractivity contribution in [2.75, 3.05) is 0 Å². The number of allylic oxidation sites excluding steroid dienone is 2. The van der Waals surface area contributed by atoms with Crippen LogP contribution in [0.15, 0.2) is 24.3 Å². The van der Waals surface area contributed by atoms with E-state index in [0.29, 0.717) is 6.42 Å². The molecule has 0 aromatic carbocycles. The molecule has 2 aliphatic rings. The van der Waals surface area contributed by atoms with Crippen molar-refractivity contribution in [3.63, 3.8) is 0 Å². The van der Waals surface area contributed by atoms with Gasteiger partial charge in [0.05, 0.1) is 0 Å². The molecule has 0 atom stereocenters. The summed E-state index contributed by atoms with van der Waals surface area (Å²) in [7, 11) is 0. The second-order valence-corrected chi connectivity index (χ2v) is 2.93. The SMILES string of the molecule is O=C1CC(=O)OC2(C=CC=CC2)O1. The van der Waals surface area contributed by atoms with Gasteiger partial charge >= 0.3 is 11.9 Å². The maximum Gasteiger partial charge on any atom is 0.320 e. The van der Waals surface area contributed by atoms with Crippen LogP contribution < -0.4 is 0 Å². The Hall–Kier alpha value is -1.58. The fraction of sp³-hybridized carbons (Fsp3) is 0.333. The minimum atomic E-state index is -1.17. The molecular formula is C9H8O4. The molecule has 1 fully saturated rings. The fourth-order valence-electron chi connectivity index (χ4n) is 1.33. The molecule has 0 aromatic heterocycles. The summed E-state index contributed by atoms with van der Waals surface area (Å²) in [5.41, 5.74) is 0. The molecule has 4 nitrogen and oxygen atoms in total. The number of rotatable bonds is 0. The molecule has 0 aromatic rings. The van der Waals surface area contributed by atoms with Gasteiger partial charge in [-0.3, -0.25) is 9.59 Å². The van der Waals surface area contributed by atoms with E-state index in [0.717, 1.165) is 0 Å². The molecule has 1 heterocycles. The lowest BCUT2D eigenvalue weighted by Crippen LogP contribution is -2.43. The van der Waals surface area contributed by atoms with Gasteiger partial charge in [0, 0.05) is 6.42 Å². The zero-order chi connectivity index (χ0) is 9.31. The number of hydrogen-bond donors (Lipinski definition) is 0. The van der Waals surface area contributed by atoms with Gasteiger partial charge in [0.1, 0.15) is 6.42 Å². The number of hydrogen-bond acceptors (Lipinski definition) is 4. The van der Waals surface area contributed by atoms with Crippen molar-refractivity contribution >= 4 is 11.9 Å². The zero-order valence-corrected chi connectivity index (χ0v) is 6.86. The molecule has 0 saturated carbocycles. The van der Waals surface area contributed by atoms with Crippen LogP contribution in [0, 0.1) is 0 Å². The quantitative estimate of drug-likeness (QED) is 0.406. The molecule has 0 radical (unpaired) electrons. The third-order valence-electron chi connectivity index (χ3n) is 1.86. The molecule has 0 amide bonds. The normalized spacial score (nSPS) is 24.3. The number of carbonyl (C=O) groups is 2. The summed E-state index contributed by atoms with van der Waals surface area (Å²) in [6.07, 6.45) is 6.95. The Bertz CT molecular complexity index is 298. The summed E-state index contributed by atoms with van der Waals surface area (Å²) in [5, 5.41) is 0. The molecule has 1 aliphatic heterocycles. The minimum absolute atomic E-state index is 0.292. The Morgan fingerprint density at radius 1 is 1.15 bits per heavy atom. The van der Waals surface area contributed by atoms with Crippen LogP contribution in [-0.4, -0.2) is 17.7 Å². The van der Waals surface area contributed by atoms with E-state index in [1.54, 1.807) is 18.2 Å². The molecule has 13 heavy (non-hydrogen) atoms. The predicted octanol–water partition coefficient (Wildman–Crippen LogP) is 0.689. The molecule has 1 saturated heterocycles. The summed E-state index contributed by atoms with van der Waals surface area (Å²) in [5.74, 6) is -2.23. The van der Waals surface area contributed by atoms with E-state index in [-0.39, 0.29) is 6.42 Å². The molecule has 0 N–H and O–H groups in total. The average Bonchev–Trinajstić information content (AvgIpc) is 2.02. The van der Waals surface area contributed by atoms with Gasteiger partial charge in [0.2, 0.25) is 0 Å². The van der Waals surface area contributed by atoms with Crippen LogP contribution in [0.5, 0.6) is 0 Å². The van der Waals surface area contributed by atoms with E-state index in [1.165, 1.54) is 0 Å². The maximum absolute atomic E-state index is 11.0. The largest absolute Gasteiger partial charge is 0.418 e. The Balaban J connectivity index is 2.22. The third-order valence-corrected chi connectivity index (χ3v) is 1.86. The van der Waals surface area contributed by atoms with Gasteiger partial charge in [0.25, 0.3) is 5.79 Å². The smallest absolute Gasteiger partial charge is 0.320 e. The van der Waals surface area contributed by atoms with Crippen LogP contribution in [0.4, 0.5) is 0 Å². The van der Waals surface area contributed by atoms with Crippen molar-refractivity contribution in [2.45, 2.75) is 18.6 Å². The topological polar surface area (TPSA) is 52.6 Å². The van der Waals surface area contributed by atoms with Crippen molar-refractivity contribution in [1.29, 1.82) is 0 Å². The minimum Gasteiger partial charge on any atom is -0.418 e.